The molecule has 0 aliphatic rings. The quantitative estimate of drug-likeness (QED) is 0.887. The molecule has 1 amide bonds. The van der Waals surface area contributed by atoms with E-state index in [0.717, 1.165) is 0 Å². The average molecular weight is 246 g/mol. The molecule has 0 bridgehead atoms. The molecule has 90 valence electrons. The molecule has 0 unspecified atom stereocenters. The SMILES string of the molecule is CC(C)(C)OC(=O)NCCn1cc(Cl)cn1. The van der Waals surface area contributed by atoms with E-state index in [1.807, 2.05) is 20.8 Å². The molecule has 1 aromatic heterocycles. The van der Waals surface area contributed by atoms with Crippen LogP contribution in [0.3, 0.4) is 0 Å². The van der Waals surface area contributed by atoms with Gasteiger partial charge in [0.25, 0.3) is 0 Å². The Morgan fingerprint density at radius 2 is 2.31 bits per heavy atom. The van der Waals surface area contributed by atoms with Gasteiger partial charge in [-0.2, -0.15) is 5.10 Å². The first-order valence-corrected chi connectivity index (χ1v) is 5.39. The Labute approximate surface area is 99.7 Å². The number of carbonyl (C=O) groups is 1. The first-order valence-electron chi connectivity index (χ1n) is 5.01. The standard InChI is InChI=1S/C10H16ClN3O2/c1-10(2,3)16-9(15)12-4-5-14-7-8(11)6-13-14/h6-7H,4-5H2,1-3H3,(H,12,15). The Morgan fingerprint density at radius 1 is 1.62 bits per heavy atom. The normalized spacial score (nSPS) is 11.2. The summed E-state index contributed by atoms with van der Waals surface area (Å²) in [6.07, 6.45) is 2.82. The summed E-state index contributed by atoms with van der Waals surface area (Å²) in [7, 11) is 0. The van der Waals surface area contributed by atoms with E-state index in [1.165, 1.54) is 0 Å². The number of aromatic nitrogens is 2. The monoisotopic (exact) mass is 245 g/mol. The van der Waals surface area contributed by atoms with Crippen molar-refractivity contribution in [1.29, 1.82) is 0 Å². The Hall–Kier alpha value is -1.23. The third kappa shape index (κ3) is 5.02. The first-order chi connectivity index (χ1) is 7.37. The second kappa shape index (κ2) is 5.21. The number of amides is 1. The van der Waals surface area contributed by atoms with Gasteiger partial charge in [0.2, 0.25) is 0 Å². The molecule has 5 nitrogen and oxygen atoms in total. The number of rotatable bonds is 3. The van der Waals surface area contributed by atoms with Gasteiger partial charge in [-0.15, -0.1) is 0 Å². The summed E-state index contributed by atoms with van der Waals surface area (Å²) in [6, 6.07) is 0. The molecule has 1 heterocycles. The van der Waals surface area contributed by atoms with E-state index in [0.29, 0.717) is 18.1 Å². The van der Waals surface area contributed by atoms with Gasteiger partial charge in [0.1, 0.15) is 5.60 Å². The molecule has 0 saturated heterocycles. The molecule has 6 heteroatoms. The van der Waals surface area contributed by atoms with Crippen LogP contribution in [0.15, 0.2) is 12.4 Å². The second-order valence-corrected chi connectivity index (χ2v) is 4.79. The summed E-state index contributed by atoms with van der Waals surface area (Å²) in [5.74, 6) is 0. The highest BCUT2D eigenvalue weighted by Crippen LogP contribution is 2.06. The van der Waals surface area contributed by atoms with E-state index in [-0.39, 0.29) is 0 Å². The highest BCUT2D eigenvalue weighted by molar-refractivity contribution is 6.30. The van der Waals surface area contributed by atoms with Crippen LogP contribution < -0.4 is 5.32 Å². The maximum Gasteiger partial charge on any atom is 0.407 e. The topological polar surface area (TPSA) is 56.1 Å². The number of ether oxygens (including phenoxy) is 1. The van der Waals surface area contributed by atoms with Crippen molar-refractivity contribution in [1.82, 2.24) is 15.1 Å². The van der Waals surface area contributed by atoms with Crippen molar-refractivity contribution < 1.29 is 9.53 Å². The summed E-state index contributed by atoms with van der Waals surface area (Å²) in [5.41, 5.74) is -0.473. The van der Waals surface area contributed by atoms with Crippen LogP contribution in [0.25, 0.3) is 0 Å². The van der Waals surface area contributed by atoms with E-state index < -0.39 is 11.7 Å². The summed E-state index contributed by atoms with van der Waals surface area (Å²) in [5, 5.41) is 7.19. The predicted molar refractivity (Wildman–Crippen MR) is 61.5 cm³/mol. The predicted octanol–water partition coefficient (Wildman–Crippen LogP) is 2.06. The smallest absolute Gasteiger partial charge is 0.407 e. The maximum absolute atomic E-state index is 11.3. The second-order valence-electron chi connectivity index (χ2n) is 4.35. The van der Waals surface area contributed by atoms with Crippen LogP contribution in [-0.4, -0.2) is 28.0 Å². The summed E-state index contributed by atoms with van der Waals surface area (Å²) in [6.45, 7) is 6.47. The van der Waals surface area contributed by atoms with Gasteiger partial charge in [-0.25, -0.2) is 4.79 Å². The van der Waals surface area contributed by atoms with Crippen LogP contribution in [-0.2, 0) is 11.3 Å². The third-order valence-electron chi connectivity index (χ3n) is 1.61. The van der Waals surface area contributed by atoms with Crippen molar-refractivity contribution in [3.05, 3.63) is 17.4 Å². The first kappa shape index (κ1) is 12.8. The largest absolute Gasteiger partial charge is 0.444 e. The lowest BCUT2D eigenvalue weighted by molar-refractivity contribution is 0.0525. The maximum atomic E-state index is 11.3. The molecule has 0 fully saturated rings. The van der Waals surface area contributed by atoms with E-state index in [1.54, 1.807) is 17.1 Å². The van der Waals surface area contributed by atoms with Crippen molar-refractivity contribution in [3.8, 4) is 0 Å². The number of hydrogen-bond acceptors (Lipinski definition) is 3. The molecular weight excluding hydrogens is 230 g/mol. The van der Waals surface area contributed by atoms with Crippen LogP contribution in [0.1, 0.15) is 20.8 Å². The van der Waals surface area contributed by atoms with Gasteiger partial charge in [-0.05, 0) is 20.8 Å². The van der Waals surface area contributed by atoms with Crippen LogP contribution in [0, 0.1) is 0 Å². The summed E-state index contributed by atoms with van der Waals surface area (Å²) >= 11 is 5.69. The number of nitrogens with zero attached hydrogens (tertiary/aromatic N) is 2. The Kier molecular flexibility index (Phi) is 4.18. The minimum Gasteiger partial charge on any atom is -0.444 e. The molecule has 0 aliphatic heterocycles. The molecule has 1 rings (SSSR count). The summed E-state index contributed by atoms with van der Waals surface area (Å²) < 4.78 is 6.73. The lowest BCUT2D eigenvalue weighted by Gasteiger charge is -2.19. The minimum atomic E-state index is -0.473. The van der Waals surface area contributed by atoms with Gasteiger partial charge in [0, 0.05) is 12.7 Å². The Balaban J connectivity index is 2.23. The lowest BCUT2D eigenvalue weighted by Crippen LogP contribution is -2.34. The van der Waals surface area contributed by atoms with Gasteiger partial charge in [0.05, 0.1) is 17.8 Å². The number of nitrogens with one attached hydrogen (secondary N) is 1. The zero-order chi connectivity index (χ0) is 12.2. The number of halogens is 1. The zero-order valence-electron chi connectivity index (χ0n) is 9.66. The molecule has 0 radical (unpaired) electrons. The summed E-state index contributed by atoms with van der Waals surface area (Å²) in [4.78, 5) is 11.3. The van der Waals surface area contributed by atoms with Gasteiger partial charge < -0.3 is 10.1 Å². The van der Waals surface area contributed by atoms with E-state index in [9.17, 15) is 4.79 Å². The van der Waals surface area contributed by atoms with Crippen molar-refractivity contribution in [2.75, 3.05) is 6.54 Å². The molecule has 0 aliphatic carbocycles. The minimum absolute atomic E-state index is 0.425. The molecule has 0 spiro atoms. The fourth-order valence-corrected chi connectivity index (χ4v) is 1.20. The van der Waals surface area contributed by atoms with Crippen molar-refractivity contribution in [3.63, 3.8) is 0 Å². The van der Waals surface area contributed by atoms with Crippen LogP contribution in [0.2, 0.25) is 5.02 Å². The van der Waals surface area contributed by atoms with E-state index >= 15 is 0 Å². The van der Waals surface area contributed by atoms with Crippen LogP contribution >= 0.6 is 11.6 Å². The molecule has 0 saturated carbocycles. The van der Waals surface area contributed by atoms with Crippen LogP contribution in [0.5, 0.6) is 0 Å². The van der Waals surface area contributed by atoms with Gasteiger partial charge >= 0.3 is 6.09 Å². The number of carbonyl (C=O) groups excluding carboxylic acids is 1. The number of hydrogen-bond donors (Lipinski definition) is 1. The molecule has 0 aromatic carbocycles. The highest BCUT2D eigenvalue weighted by atomic mass is 35.5. The van der Waals surface area contributed by atoms with Crippen molar-refractivity contribution in [2.24, 2.45) is 0 Å². The molecule has 16 heavy (non-hydrogen) atoms. The highest BCUT2D eigenvalue weighted by Gasteiger charge is 2.15. The fourth-order valence-electron chi connectivity index (χ4n) is 1.05. The Morgan fingerprint density at radius 3 is 2.81 bits per heavy atom. The third-order valence-corrected chi connectivity index (χ3v) is 1.81. The van der Waals surface area contributed by atoms with Crippen molar-refractivity contribution >= 4 is 17.7 Å². The molecule has 0 atom stereocenters. The zero-order valence-corrected chi connectivity index (χ0v) is 10.4. The fraction of sp³-hybridized carbons (Fsp3) is 0.600. The van der Waals surface area contributed by atoms with Gasteiger partial charge in [-0.1, -0.05) is 11.6 Å². The molecular formula is C10H16ClN3O2. The lowest BCUT2D eigenvalue weighted by atomic mass is 10.2. The number of alkyl carbamates (subject to hydrolysis) is 1. The van der Waals surface area contributed by atoms with Crippen molar-refractivity contribution in [2.45, 2.75) is 32.9 Å². The molecule has 1 aromatic rings. The van der Waals surface area contributed by atoms with E-state index in [2.05, 4.69) is 10.4 Å². The molecule has 1 N–H and O–H groups in total. The van der Waals surface area contributed by atoms with Gasteiger partial charge in [-0.3, -0.25) is 4.68 Å². The Bertz CT molecular complexity index is 357. The average Bonchev–Trinajstić information content (AvgIpc) is 2.48. The van der Waals surface area contributed by atoms with Crippen LogP contribution in [0.4, 0.5) is 4.79 Å². The van der Waals surface area contributed by atoms with E-state index in [4.69, 9.17) is 16.3 Å². The van der Waals surface area contributed by atoms with Gasteiger partial charge in [0.15, 0.2) is 0 Å².